The van der Waals surface area contributed by atoms with Gasteiger partial charge in [0.05, 0.1) is 0 Å². The van der Waals surface area contributed by atoms with E-state index in [4.69, 9.17) is 0 Å². The summed E-state index contributed by atoms with van der Waals surface area (Å²) in [6, 6.07) is 0. The molecule has 3 aliphatic rings. The fourth-order valence-electron chi connectivity index (χ4n) is 2.11. The normalized spacial score (nSPS) is 34.0. The van der Waals surface area contributed by atoms with Gasteiger partial charge in [0.1, 0.15) is 0 Å². The van der Waals surface area contributed by atoms with E-state index in [2.05, 4.69) is 36.5 Å². The van der Waals surface area contributed by atoms with Crippen LogP contribution in [0.25, 0.3) is 0 Å². The van der Waals surface area contributed by atoms with Gasteiger partial charge in [0.25, 0.3) is 0 Å². The van der Waals surface area contributed by atoms with Crippen molar-refractivity contribution in [3.05, 3.63) is 36.5 Å². The molecule has 0 aliphatic heterocycles. The van der Waals surface area contributed by atoms with Gasteiger partial charge < -0.3 is 0 Å². The quantitative estimate of drug-likeness (QED) is 0.476. The second-order valence-electron chi connectivity index (χ2n) is 3.81. The zero-order valence-electron chi connectivity index (χ0n) is 7.45. The minimum Gasteiger partial charge on any atom is -0.0851 e. The van der Waals surface area contributed by atoms with Gasteiger partial charge in [-0.15, -0.1) is 0 Å². The maximum absolute atomic E-state index is 2.38. The highest BCUT2D eigenvalue weighted by Crippen LogP contribution is 2.38. The summed E-state index contributed by atoms with van der Waals surface area (Å²) in [5.41, 5.74) is 0. The largest absolute Gasteiger partial charge is 0.0851 e. The molecule has 0 heteroatoms. The smallest absolute Gasteiger partial charge is 0.0163 e. The monoisotopic (exact) mass is 160 g/mol. The Kier molecular flexibility index (Phi) is 2.45. The highest BCUT2D eigenvalue weighted by molar-refractivity contribution is 5.12. The van der Waals surface area contributed by atoms with E-state index in [1.54, 1.807) is 0 Å². The van der Waals surface area contributed by atoms with Crippen LogP contribution in [0.3, 0.4) is 0 Å². The van der Waals surface area contributed by atoms with E-state index in [1.165, 1.54) is 19.3 Å². The van der Waals surface area contributed by atoms with Crippen LogP contribution in [0.2, 0.25) is 0 Å². The molecule has 12 heavy (non-hydrogen) atoms. The van der Waals surface area contributed by atoms with E-state index in [9.17, 15) is 0 Å². The number of fused-ring (bicyclic) bond motifs is 2. The van der Waals surface area contributed by atoms with Crippen molar-refractivity contribution in [1.82, 2.24) is 0 Å². The molecule has 1 saturated carbocycles. The lowest BCUT2D eigenvalue weighted by Gasteiger charge is -1.96. The van der Waals surface area contributed by atoms with Crippen LogP contribution >= 0.6 is 0 Å². The molecule has 2 bridgehead atoms. The van der Waals surface area contributed by atoms with E-state index in [-0.39, 0.29) is 0 Å². The Balaban J connectivity index is 0.000000100. The third-order valence-electron chi connectivity index (χ3n) is 2.82. The van der Waals surface area contributed by atoms with Gasteiger partial charge in [-0.3, -0.25) is 0 Å². The topological polar surface area (TPSA) is 0 Å². The van der Waals surface area contributed by atoms with Gasteiger partial charge in [0.2, 0.25) is 0 Å². The van der Waals surface area contributed by atoms with E-state index in [1.807, 2.05) is 0 Å². The fraction of sp³-hybridized carbons (Fsp3) is 0.500. The molecule has 1 fully saturated rings. The van der Waals surface area contributed by atoms with Crippen LogP contribution in [-0.2, 0) is 0 Å². The lowest BCUT2D eigenvalue weighted by atomic mass is 10.1. The van der Waals surface area contributed by atoms with Gasteiger partial charge in [-0.25, -0.2) is 0 Å². The summed E-state index contributed by atoms with van der Waals surface area (Å²) in [6.07, 6.45) is 18.7. The lowest BCUT2D eigenvalue weighted by Crippen LogP contribution is -1.82. The summed E-state index contributed by atoms with van der Waals surface area (Å²) >= 11 is 0. The van der Waals surface area contributed by atoms with Gasteiger partial charge >= 0.3 is 0 Å². The molecule has 3 rings (SSSR count). The van der Waals surface area contributed by atoms with Crippen LogP contribution in [0.4, 0.5) is 0 Å². The van der Waals surface area contributed by atoms with Crippen molar-refractivity contribution >= 4 is 0 Å². The number of hydrogen-bond acceptors (Lipinski definition) is 0. The van der Waals surface area contributed by atoms with Gasteiger partial charge in [0.15, 0.2) is 0 Å². The van der Waals surface area contributed by atoms with Crippen molar-refractivity contribution in [3.8, 4) is 0 Å². The molecule has 0 aromatic rings. The third kappa shape index (κ3) is 1.88. The molecule has 0 heterocycles. The van der Waals surface area contributed by atoms with Crippen molar-refractivity contribution in [2.24, 2.45) is 11.8 Å². The average Bonchev–Trinajstić information content (AvgIpc) is 2.86. The summed E-state index contributed by atoms with van der Waals surface area (Å²) in [7, 11) is 0. The molecule has 0 aromatic heterocycles. The molecule has 0 nitrogen and oxygen atoms in total. The Hall–Kier alpha value is -0.780. The molecule has 0 N–H and O–H groups in total. The van der Waals surface area contributed by atoms with E-state index in [0.29, 0.717) is 0 Å². The second-order valence-corrected chi connectivity index (χ2v) is 3.81. The van der Waals surface area contributed by atoms with Crippen LogP contribution in [0.1, 0.15) is 25.7 Å². The molecule has 64 valence electrons. The van der Waals surface area contributed by atoms with E-state index < -0.39 is 0 Å². The summed E-state index contributed by atoms with van der Waals surface area (Å²) in [5.74, 6) is 1.98. The minimum absolute atomic E-state index is 0.991. The van der Waals surface area contributed by atoms with Gasteiger partial charge in [0, 0.05) is 0 Å². The zero-order valence-corrected chi connectivity index (χ0v) is 7.45. The van der Waals surface area contributed by atoms with Crippen LogP contribution in [0.15, 0.2) is 36.5 Å². The predicted octanol–water partition coefficient (Wildman–Crippen LogP) is 3.48. The van der Waals surface area contributed by atoms with Crippen LogP contribution in [0, 0.1) is 11.8 Å². The van der Waals surface area contributed by atoms with Crippen molar-refractivity contribution in [1.29, 1.82) is 0 Å². The van der Waals surface area contributed by atoms with Gasteiger partial charge in [-0.1, -0.05) is 36.5 Å². The molecule has 0 radical (unpaired) electrons. The minimum atomic E-state index is 0.991. The summed E-state index contributed by atoms with van der Waals surface area (Å²) in [5, 5.41) is 0. The number of rotatable bonds is 0. The number of hydrogen-bond donors (Lipinski definition) is 0. The maximum Gasteiger partial charge on any atom is -0.0163 e. The SMILES string of the molecule is C1=CC2CCC1C2.C1=CCC=C1. The first-order chi connectivity index (χ1) is 5.95. The first-order valence-corrected chi connectivity index (χ1v) is 4.95. The van der Waals surface area contributed by atoms with E-state index >= 15 is 0 Å². The summed E-state index contributed by atoms with van der Waals surface area (Å²) < 4.78 is 0. The average molecular weight is 160 g/mol. The maximum atomic E-state index is 2.38. The van der Waals surface area contributed by atoms with E-state index in [0.717, 1.165) is 18.3 Å². The van der Waals surface area contributed by atoms with Crippen molar-refractivity contribution < 1.29 is 0 Å². The van der Waals surface area contributed by atoms with Crippen molar-refractivity contribution in [2.75, 3.05) is 0 Å². The molecule has 2 atom stereocenters. The summed E-state index contributed by atoms with van der Waals surface area (Å²) in [4.78, 5) is 0. The Morgan fingerprint density at radius 3 is 1.58 bits per heavy atom. The lowest BCUT2D eigenvalue weighted by molar-refractivity contribution is 0.691. The van der Waals surface area contributed by atoms with Crippen molar-refractivity contribution in [3.63, 3.8) is 0 Å². The first kappa shape index (κ1) is 7.85. The molecule has 0 aromatic carbocycles. The van der Waals surface area contributed by atoms with Crippen LogP contribution in [0.5, 0.6) is 0 Å². The number of allylic oxidation sites excluding steroid dienone is 6. The highest BCUT2D eigenvalue weighted by Gasteiger charge is 2.25. The van der Waals surface area contributed by atoms with Crippen molar-refractivity contribution in [2.45, 2.75) is 25.7 Å². The van der Waals surface area contributed by atoms with Crippen LogP contribution < -0.4 is 0 Å². The van der Waals surface area contributed by atoms with Gasteiger partial charge in [-0.05, 0) is 37.5 Å². The Morgan fingerprint density at radius 1 is 0.833 bits per heavy atom. The fourth-order valence-corrected chi connectivity index (χ4v) is 2.11. The third-order valence-corrected chi connectivity index (χ3v) is 2.82. The molecule has 0 saturated heterocycles. The molecule has 0 spiro atoms. The Morgan fingerprint density at radius 2 is 1.42 bits per heavy atom. The highest BCUT2D eigenvalue weighted by atomic mass is 14.3. The molecule has 2 unspecified atom stereocenters. The predicted molar refractivity (Wildman–Crippen MR) is 52.9 cm³/mol. The standard InChI is InChI=1S/C7H10.C5H6/c1-2-7-4-3-6(1)5-7;1-2-4-5-3-1/h1-2,6-7H,3-5H2;1-4H,5H2. The molecule has 3 aliphatic carbocycles. The summed E-state index contributed by atoms with van der Waals surface area (Å²) in [6.45, 7) is 0. The Bertz CT molecular complexity index is 198. The Labute approximate surface area is 74.7 Å². The zero-order chi connectivity index (χ0) is 8.23. The molecule has 0 amide bonds. The molecular formula is C12H16. The van der Waals surface area contributed by atoms with Crippen LogP contribution in [-0.4, -0.2) is 0 Å². The second kappa shape index (κ2) is 3.75. The van der Waals surface area contributed by atoms with Gasteiger partial charge in [-0.2, -0.15) is 0 Å². The molecular weight excluding hydrogens is 144 g/mol. The first-order valence-electron chi connectivity index (χ1n) is 4.95.